The fraction of sp³-hybridized carbons (Fsp3) is 0.300. The second-order valence-corrected chi connectivity index (χ2v) is 5.62. The number of hydrogen-bond acceptors (Lipinski definition) is 5. The Morgan fingerprint density at radius 2 is 1.88 bits per heavy atom. The third kappa shape index (κ3) is 6.12. The maximum Gasteiger partial charge on any atom is 0.244 e. The van der Waals surface area contributed by atoms with Crippen molar-refractivity contribution in [1.82, 2.24) is 5.43 Å². The monoisotopic (exact) mass is 356 g/mol. The first-order valence-electron chi connectivity index (χ1n) is 8.61. The van der Waals surface area contributed by atoms with Gasteiger partial charge in [0.15, 0.2) is 11.5 Å². The Labute approximate surface area is 153 Å². The van der Waals surface area contributed by atoms with Crippen LogP contribution in [0.25, 0.3) is 0 Å². The molecule has 2 N–H and O–H groups in total. The molecule has 6 heteroatoms. The van der Waals surface area contributed by atoms with Gasteiger partial charge in [0.2, 0.25) is 5.91 Å². The molecule has 0 fully saturated rings. The van der Waals surface area contributed by atoms with Gasteiger partial charge in [-0.1, -0.05) is 19.1 Å². The third-order valence-corrected chi connectivity index (χ3v) is 3.43. The number of aromatic hydroxyl groups is 1. The molecule has 26 heavy (non-hydrogen) atoms. The highest BCUT2D eigenvalue weighted by atomic mass is 16.5. The van der Waals surface area contributed by atoms with Crippen LogP contribution in [0, 0.1) is 0 Å². The van der Waals surface area contributed by atoms with Gasteiger partial charge in [-0.3, -0.25) is 4.79 Å². The van der Waals surface area contributed by atoms with E-state index < -0.39 is 0 Å². The zero-order chi connectivity index (χ0) is 18.8. The number of hydrazone groups is 1. The first-order valence-corrected chi connectivity index (χ1v) is 8.61. The quantitative estimate of drug-likeness (QED) is 0.534. The van der Waals surface area contributed by atoms with Crippen LogP contribution in [-0.4, -0.2) is 30.4 Å². The van der Waals surface area contributed by atoms with E-state index in [9.17, 15) is 9.90 Å². The van der Waals surface area contributed by atoms with Gasteiger partial charge in [0.1, 0.15) is 5.75 Å². The van der Waals surface area contributed by atoms with Gasteiger partial charge in [-0.05, 0) is 54.8 Å². The normalized spacial score (nSPS) is 10.7. The van der Waals surface area contributed by atoms with Crippen LogP contribution < -0.4 is 14.9 Å². The van der Waals surface area contributed by atoms with Crippen LogP contribution in [0.2, 0.25) is 0 Å². The first kappa shape index (κ1) is 19.3. The van der Waals surface area contributed by atoms with Gasteiger partial charge in [-0.2, -0.15) is 5.10 Å². The number of phenols is 1. The molecule has 0 saturated heterocycles. The van der Waals surface area contributed by atoms with Crippen molar-refractivity contribution in [1.29, 1.82) is 0 Å². The van der Waals surface area contributed by atoms with E-state index in [2.05, 4.69) is 10.5 Å². The molecule has 0 saturated carbocycles. The van der Waals surface area contributed by atoms with Crippen molar-refractivity contribution in [3.63, 3.8) is 0 Å². The number of hydrogen-bond donors (Lipinski definition) is 2. The van der Waals surface area contributed by atoms with Crippen molar-refractivity contribution in [3.8, 4) is 17.2 Å². The molecule has 2 rings (SSSR count). The zero-order valence-corrected chi connectivity index (χ0v) is 15.1. The summed E-state index contributed by atoms with van der Waals surface area (Å²) >= 11 is 0. The fourth-order valence-corrected chi connectivity index (χ4v) is 2.22. The molecule has 0 atom stereocenters. The Morgan fingerprint density at radius 3 is 2.58 bits per heavy atom. The van der Waals surface area contributed by atoms with Crippen LogP contribution >= 0.6 is 0 Å². The van der Waals surface area contributed by atoms with Crippen LogP contribution in [0.3, 0.4) is 0 Å². The topological polar surface area (TPSA) is 80.2 Å². The number of amides is 1. The summed E-state index contributed by atoms with van der Waals surface area (Å²) < 4.78 is 11.3. The van der Waals surface area contributed by atoms with Crippen LogP contribution in [-0.2, 0) is 11.2 Å². The molecule has 0 aliphatic heterocycles. The molecule has 0 aromatic heterocycles. The van der Waals surface area contributed by atoms with Crippen molar-refractivity contribution < 1.29 is 19.4 Å². The smallest absolute Gasteiger partial charge is 0.244 e. The van der Waals surface area contributed by atoms with Gasteiger partial charge in [0.05, 0.1) is 25.8 Å². The molecule has 138 valence electrons. The van der Waals surface area contributed by atoms with E-state index in [0.717, 1.165) is 17.5 Å². The summed E-state index contributed by atoms with van der Waals surface area (Å²) in [6.07, 6.45) is 2.66. The summed E-state index contributed by atoms with van der Waals surface area (Å²) in [4.78, 5) is 11.9. The zero-order valence-electron chi connectivity index (χ0n) is 15.1. The summed E-state index contributed by atoms with van der Waals surface area (Å²) in [5.74, 6) is 1.28. The second-order valence-electron chi connectivity index (χ2n) is 5.62. The number of benzene rings is 2. The molecular weight excluding hydrogens is 332 g/mol. The fourth-order valence-electron chi connectivity index (χ4n) is 2.22. The van der Waals surface area contributed by atoms with E-state index in [4.69, 9.17) is 9.47 Å². The molecule has 2 aromatic carbocycles. The standard InChI is InChI=1S/C20H24N2O4/c1-3-11-26-18-10-7-16(12-19(18)25-4-2)14-21-22-20(24)13-15-5-8-17(23)9-6-15/h5-10,12,14,23H,3-4,11,13H2,1-2H3,(H,22,24)/b21-14-. The number of phenolic OH excluding ortho intramolecular Hbond substituents is 1. The summed E-state index contributed by atoms with van der Waals surface area (Å²) in [6, 6.07) is 12.0. The van der Waals surface area contributed by atoms with Crippen molar-refractivity contribution >= 4 is 12.1 Å². The number of nitrogens with one attached hydrogen (secondary N) is 1. The maximum absolute atomic E-state index is 11.9. The van der Waals surface area contributed by atoms with E-state index in [0.29, 0.717) is 24.7 Å². The number of nitrogens with zero attached hydrogens (tertiary/aromatic N) is 1. The Kier molecular flexibility index (Phi) is 7.49. The largest absolute Gasteiger partial charge is 0.508 e. The minimum absolute atomic E-state index is 0.170. The van der Waals surface area contributed by atoms with E-state index in [1.165, 1.54) is 0 Å². The Balaban J connectivity index is 1.94. The van der Waals surface area contributed by atoms with Crippen LogP contribution in [0.4, 0.5) is 0 Å². The predicted molar refractivity (Wildman–Crippen MR) is 101 cm³/mol. The van der Waals surface area contributed by atoms with Gasteiger partial charge in [0, 0.05) is 0 Å². The lowest BCUT2D eigenvalue weighted by molar-refractivity contribution is -0.120. The highest BCUT2D eigenvalue weighted by molar-refractivity contribution is 5.84. The lowest BCUT2D eigenvalue weighted by Gasteiger charge is -2.11. The summed E-state index contributed by atoms with van der Waals surface area (Å²) in [5, 5.41) is 13.2. The van der Waals surface area contributed by atoms with Crippen molar-refractivity contribution in [2.75, 3.05) is 13.2 Å². The van der Waals surface area contributed by atoms with E-state index in [1.807, 2.05) is 32.0 Å². The average Bonchev–Trinajstić information content (AvgIpc) is 2.63. The molecule has 0 aliphatic rings. The lowest BCUT2D eigenvalue weighted by Crippen LogP contribution is -2.19. The third-order valence-electron chi connectivity index (χ3n) is 3.43. The first-order chi connectivity index (χ1) is 12.6. The number of ether oxygens (including phenoxy) is 2. The maximum atomic E-state index is 11.9. The van der Waals surface area contributed by atoms with Crippen LogP contribution in [0.1, 0.15) is 31.4 Å². The molecule has 0 bridgehead atoms. The van der Waals surface area contributed by atoms with Crippen molar-refractivity contribution in [2.45, 2.75) is 26.7 Å². The Bertz CT molecular complexity index is 742. The Morgan fingerprint density at radius 1 is 1.12 bits per heavy atom. The second kappa shape index (κ2) is 10.1. The van der Waals surface area contributed by atoms with Gasteiger partial charge in [0.25, 0.3) is 0 Å². The van der Waals surface area contributed by atoms with Gasteiger partial charge in [-0.25, -0.2) is 5.43 Å². The summed E-state index contributed by atoms with van der Waals surface area (Å²) in [6.45, 7) is 5.11. The molecule has 0 unspecified atom stereocenters. The van der Waals surface area contributed by atoms with Gasteiger partial charge < -0.3 is 14.6 Å². The van der Waals surface area contributed by atoms with Gasteiger partial charge in [-0.15, -0.1) is 0 Å². The summed E-state index contributed by atoms with van der Waals surface area (Å²) in [7, 11) is 0. The van der Waals surface area contributed by atoms with Gasteiger partial charge >= 0.3 is 0 Å². The molecule has 2 aromatic rings. The average molecular weight is 356 g/mol. The van der Waals surface area contributed by atoms with Crippen molar-refractivity contribution in [3.05, 3.63) is 53.6 Å². The Hall–Kier alpha value is -3.02. The van der Waals surface area contributed by atoms with Crippen LogP contribution in [0.15, 0.2) is 47.6 Å². The van der Waals surface area contributed by atoms with E-state index >= 15 is 0 Å². The minimum atomic E-state index is -0.236. The molecule has 1 amide bonds. The van der Waals surface area contributed by atoms with Crippen molar-refractivity contribution in [2.24, 2.45) is 5.10 Å². The number of rotatable bonds is 9. The highest BCUT2D eigenvalue weighted by Crippen LogP contribution is 2.28. The lowest BCUT2D eigenvalue weighted by atomic mass is 10.1. The highest BCUT2D eigenvalue weighted by Gasteiger charge is 2.06. The molecule has 0 spiro atoms. The number of carbonyl (C=O) groups excluding carboxylic acids is 1. The van der Waals surface area contributed by atoms with E-state index in [1.54, 1.807) is 30.5 Å². The molecule has 0 radical (unpaired) electrons. The predicted octanol–water partition coefficient (Wildman–Crippen LogP) is 3.27. The molecular formula is C20H24N2O4. The van der Waals surface area contributed by atoms with E-state index in [-0.39, 0.29) is 18.1 Å². The summed E-state index contributed by atoms with van der Waals surface area (Å²) in [5.41, 5.74) is 4.08. The molecule has 0 aliphatic carbocycles. The SMILES string of the molecule is CCCOc1ccc(/C=N\NC(=O)Cc2ccc(O)cc2)cc1OCC. The van der Waals surface area contributed by atoms with Crippen LogP contribution in [0.5, 0.6) is 17.2 Å². The number of carbonyl (C=O) groups is 1. The molecule has 0 heterocycles. The molecule has 6 nitrogen and oxygen atoms in total. The minimum Gasteiger partial charge on any atom is -0.508 e.